The molecule has 0 saturated carbocycles. The van der Waals surface area contributed by atoms with Gasteiger partial charge in [-0.05, 0) is 18.2 Å². The number of hydrogen-bond acceptors (Lipinski definition) is 3. The average molecular weight is 182 g/mol. The van der Waals surface area contributed by atoms with Crippen molar-refractivity contribution >= 4 is 17.7 Å². The Kier molecular flexibility index (Phi) is 2.77. The molecule has 0 aromatic rings. The number of hydrogen-bond donors (Lipinski definition) is 1. The summed E-state index contributed by atoms with van der Waals surface area (Å²) in [6.07, 6.45) is 1.93. The van der Waals surface area contributed by atoms with Crippen molar-refractivity contribution in [2.75, 3.05) is 11.5 Å². The van der Waals surface area contributed by atoms with Gasteiger partial charge in [-0.1, -0.05) is 6.58 Å². The fourth-order valence-corrected chi connectivity index (χ4v) is 2.33. The molecule has 1 aliphatic heterocycles. The zero-order valence-electron chi connectivity index (χ0n) is 6.67. The summed E-state index contributed by atoms with van der Waals surface area (Å²) in [5.74, 6) is 1.35. The highest BCUT2D eigenvalue weighted by molar-refractivity contribution is 7.99. The molecule has 4 heteroatoms. The van der Waals surface area contributed by atoms with Gasteiger partial charge in [-0.3, -0.25) is 4.79 Å². The first kappa shape index (κ1) is 9.14. The van der Waals surface area contributed by atoms with E-state index in [1.165, 1.54) is 6.08 Å². The largest absolute Gasteiger partial charge is 0.334 e. The second-order valence-corrected chi connectivity index (χ2v) is 3.80. The third-order valence-electron chi connectivity index (χ3n) is 1.78. The van der Waals surface area contributed by atoms with Crippen LogP contribution >= 0.6 is 11.8 Å². The van der Waals surface area contributed by atoms with Crippen molar-refractivity contribution in [2.24, 2.45) is 0 Å². The second-order valence-electron chi connectivity index (χ2n) is 2.69. The molecule has 64 valence electrons. The normalized spacial score (nSPS) is 27.6. The fraction of sp³-hybridized carbons (Fsp3) is 0.500. The predicted octanol–water partition coefficient (Wildman–Crippen LogP) is 0.688. The molecular weight excluding hydrogens is 172 g/mol. The van der Waals surface area contributed by atoms with Gasteiger partial charge >= 0.3 is 0 Å². The van der Waals surface area contributed by atoms with Gasteiger partial charge in [0, 0.05) is 5.75 Å². The third-order valence-corrected chi connectivity index (χ3v) is 2.97. The van der Waals surface area contributed by atoms with E-state index in [0.29, 0.717) is 5.75 Å². The molecule has 1 saturated heterocycles. The number of amides is 1. The maximum Gasteiger partial charge on any atom is 0.244 e. The minimum Gasteiger partial charge on any atom is -0.334 e. The Morgan fingerprint density at radius 1 is 1.83 bits per heavy atom. The number of thioether (sulfide) groups is 1. The minimum absolute atomic E-state index is 0.265. The van der Waals surface area contributed by atoms with Crippen LogP contribution in [-0.2, 0) is 4.79 Å². The smallest absolute Gasteiger partial charge is 0.244 e. The van der Waals surface area contributed by atoms with Crippen LogP contribution in [0, 0.1) is 11.3 Å². The van der Waals surface area contributed by atoms with Gasteiger partial charge in [0.25, 0.3) is 0 Å². The van der Waals surface area contributed by atoms with Gasteiger partial charge in [0.1, 0.15) is 5.54 Å². The van der Waals surface area contributed by atoms with Crippen LogP contribution in [0.25, 0.3) is 0 Å². The first-order valence-corrected chi connectivity index (χ1v) is 4.81. The van der Waals surface area contributed by atoms with Gasteiger partial charge < -0.3 is 5.32 Å². The highest BCUT2D eigenvalue weighted by Crippen LogP contribution is 2.27. The molecule has 0 aromatic heterocycles. The van der Waals surface area contributed by atoms with Gasteiger partial charge in [-0.15, -0.1) is 0 Å². The van der Waals surface area contributed by atoms with Crippen molar-refractivity contribution in [3.8, 4) is 6.07 Å². The lowest BCUT2D eigenvalue weighted by molar-refractivity contribution is -0.117. The second kappa shape index (κ2) is 3.63. The summed E-state index contributed by atoms with van der Waals surface area (Å²) in [5.41, 5.74) is -0.643. The topological polar surface area (TPSA) is 52.9 Å². The first-order valence-electron chi connectivity index (χ1n) is 3.66. The lowest BCUT2D eigenvalue weighted by Gasteiger charge is -2.19. The molecule has 12 heavy (non-hydrogen) atoms. The highest BCUT2D eigenvalue weighted by atomic mass is 32.2. The third kappa shape index (κ3) is 1.80. The van der Waals surface area contributed by atoms with Crippen molar-refractivity contribution in [3.63, 3.8) is 0 Å². The Morgan fingerprint density at radius 3 is 3.00 bits per heavy atom. The standard InChI is InChI=1S/C8H10N2OS/c1-2-7(11)10-8(5-9)3-4-12-6-8/h2H,1,3-4,6H2,(H,10,11). The molecule has 1 rings (SSSR count). The molecule has 1 fully saturated rings. The molecule has 0 spiro atoms. The number of nitrogens with zero attached hydrogens (tertiary/aromatic N) is 1. The summed E-state index contributed by atoms with van der Waals surface area (Å²) >= 11 is 1.69. The van der Waals surface area contributed by atoms with E-state index in [4.69, 9.17) is 5.26 Å². The number of rotatable bonds is 2. The minimum atomic E-state index is -0.643. The molecule has 0 bridgehead atoms. The van der Waals surface area contributed by atoms with Crippen LogP contribution in [0.5, 0.6) is 0 Å². The van der Waals surface area contributed by atoms with E-state index >= 15 is 0 Å². The van der Waals surface area contributed by atoms with Gasteiger partial charge in [-0.25, -0.2) is 0 Å². The molecule has 1 aliphatic rings. The Labute approximate surface area is 75.8 Å². The average Bonchev–Trinajstić information content (AvgIpc) is 2.54. The Bertz CT molecular complexity index is 238. The number of carbonyl (C=O) groups is 1. The molecule has 1 amide bonds. The van der Waals surface area contributed by atoms with Crippen molar-refractivity contribution in [1.29, 1.82) is 5.26 Å². The van der Waals surface area contributed by atoms with Crippen LogP contribution in [0.2, 0.25) is 0 Å². The van der Waals surface area contributed by atoms with Crippen molar-refractivity contribution < 1.29 is 4.79 Å². The summed E-state index contributed by atoms with van der Waals surface area (Å²) in [6, 6.07) is 2.14. The Balaban J connectivity index is 2.63. The van der Waals surface area contributed by atoms with Crippen LogP contribution in [-0.4, -0.2) is 23.0 Å². The van der Waals surface area contributed by atoms with Gasteiger partial charge in [-0.2, -0.15) is 17.0 Å². The summed E-state index contributed by atoms with van der Waals surface area (Å²) < 4.78 is 0. The molecule has 1 heterocycles. The summed E-state index contributed by atoms with van der Waals surface area (Å²) in [4.78, 5) is 10.9. The Hall–Kier alpha value is -0.950. The fourth-order valence-electron chi connectivity index (χ4n) is 1.07. The predicted molar refractivity (Wildman–Crippen MR) is 48.6 cm³/mol. The van der Waals surface area contributed by atoms with Crippen LogP contribution in [0.3, 0.4) is 0 Å². The molecule has 0 aliphatic carbocycles. The monoisotopic (exact) mass is 182 g/mol. The summed E-state index contributed by atoms with van der Waals surface area (Å²) in [7, 11) is 0. The van der Waals surface area contributed by atoms with E-state index in [1.54, 1.807) is 11.8 Å². The van der Waals surface area contributed by atoms with E-state index in [9.17, 15) is 4.79 Å². The molecule has 0 radical (unpaired) electrons. The van der Waals surface area contributed by atoms with E-state index < -0.39 is 5.54 Å². The van der Waals surface area contributed by atoms with Crippen molar-refractivity contribution in [1.82, 2.24) is 5.32 Å². The van der Waals surface area contributed by atoms with Crippen LogP contribution in [0.4, 0.5) is 0 Å². The maximum atomic E-state index is 10.9. The van der Waals surface area contributed by atoms with E-state index in [-0.39, 0.29) is 5.91 Å². The highest BCUT2D eigenvalue weighted by Gasteiger charge is 2.35. The number of nitriles is 1. The lowest BCUT2D eigenvalue weighted by atomic mass is 10.0. The van der Waals surface area contributed by atoms with Gasteiger partial charge in [0.15, 0.2) is 0 Å². The van der Waals surface area contributed by atoms with Crippen LogP contribution in [0.1, 0.15) is 6.42 Å². The van der Waals surface area contributed by atoms with Gasteiger partial charge in [0.2, 0.25) is 5.91 Å². The molecule has 1 N–H and O–H groups in total. The number of carbonyl (C=O) groups excluding carboxylic acids is 1. The zero-order valence-corrected chi connectivity index (χ0v) is 7.49. The maximum absolute atomic E-state index is 10.9. The summed E-state index contributed by atoms with van der Waals surface area (Å²) in [6.45, 7) is 3.34. The first-order chi connectivity index (χ1) is 5.72. The molecule has 3 nitrogen and oxygen atoms in total. The lowest BCUT2D eigenvalue weighted by Crippen LogP contribution is -2.46. The zero-order chi connectivity index (χ0) is 9.03. The van der Waals surface area contributed by atoms with Crippen LogP contribution in [0.15, 0.2) is 12.7 Å². The van der Waals surface area contributed by atoms with E-state index in [0.717, 1.165) is 12.2 Å². The van der Waals surface area contributed by atoms with Crippen LogP contribution < -0.4 is 5.32 Å². The molecule has 0 aromatic carbocycles. The number of nitrogens with one attached hydrogen (secondary N) is 1. The Morgan fingerprint density at radius 2 is 2.58 bits per heavy atom. The van der Waals surface area contributed by atoms with Crippen molar-refractivity contribution in [3.05, 3.63) is 12.7 Å². The van der Waals surface area contributed by atoms with E-state index in [2.05, 4.69) is 18.0 Å². The van der Waals surface area contributed by atoms with Gasteiger partial charge in [0.05, 0.1) is 6.07 Å². The molecule has 1 unspecified atom stereocenters. The van der Waals surface area contributed by atoms with E-state index in [1.807, 2.05) is 0 Å². The molecular formula is C8H10N2OS. The SMILES string of the molecule is C=CC(=O)NC1(C#N)CCSC1. The molecule has 1 atom stereocenters. The summed E-state index contributed by atoms with van der Waals surface area (Å²) in [5, 5.41) is 11.5. The quantitative estimate of drug-likeness (QED) is 0.639. The van der Waals surface area contributed by atoms with Crippen molar-refractivity contribution in [2.45, 2.75) is 12.0 Å².